The number of nitrogens with zero attached hydrogens (tertiary/aromatic N) is 1. The summed E-state index contributed by atoms with van der Waals surface area (Å²) in [6.07, 6.45) is 1.02. The smallest absolute Gasteiger partial charge is 0.243 e. The third-order valence-corrected chi connectivity index (χ3v) is 7.46. The largest absolute Gasteiger partial charge is 0.347 e. The van der Waals surface area contributed by atoms with E-state index in [2.05, 4.69) is 10.6 Å². The van der Waals surface area contributed by atoms with Crippen molar-refractivity contribution in [1.29, 1.82) is 0 Å². The molecule has 2 aromatic carbocycles. The van der Waals surface area contributed by atoms with Crippen LogP contribution in [-0.2, 0) is 19.6 Å². The summed E-state index contributed by atoms with van der Waals surface area (Å²) < 4.78 is 39.9. The van der Waals surface area contributed by atoms with Crippen LogP contribution in [0, 0.1) is 18.7 Å². The molecular formula is C21H23ClFN3O4S. The second-order valence-corrected chi connectivity index (χ2v) is 9.68. The standard InChI is InChI=1S/C21H23ClFN3O4S/c1-14-18(22)5-2-6-19(14)25-20(27)12-24-21(28)15-4-3-11-26(13-15)31(29,30)17-9-7-16(23)8-10-17/h2,5-10,15H,3-4,11-13H2,1H3,(H,24,28)(H,25,27). The molecule has 166 valence electrons. The number of anilines is 1. The van der Waals surface area contributed by atoms with Crippen molar-refractivity contribution in [2.45, 2.75) is 24.7 Å². The van der Waals surface area contributed by atoms with Crippen LogP contribution in [0.4, 0.5) is 10.1 Å². The van der Waals surface area contributed by atoms with Gasteiger partial charge in [0.15, 0.2) is 0 Å². The van der Waals surface area contributed by atoms with Crippen LogP contribution in [0.1, 0.15) is 18.4 Å². The molecule has 0 aliphatic carbocycles. The van der Waals surface area contributed by atoms with Gasteiger partial charge in [-0.25, -0.2) is 12.8 Å². The summed E-state index contributed by atoms with van der Waals surface area (Å²) in [5.74, 6) is -1.91. The number of piperidine rings is 1. The van der Waals surface area contributed by atoms with Crippen molar-refractivity contribution in [3.8, 4) is 0 Å². The highest BCUT2D eigenvalue weighted by Gasteiger charge is 2.33. The van der Waals surface area contributed by atoms with E-state index in [-0.39, 0.29) is 24.5 Å². The third kappa shape index (κ3) is 5.61. The van der Waals surface area contributed by atoms with Crippen molar-refractivity contribution in [1.82, 2.24) is 9.62 Å². The van der Waals surface area contributed by atoms with Crippen LogP contribution in [-0.4, -0.2) is 44.2 Å². The fourth-order valence-corrected chi connectivity index (χ4v) is 5.08. The lowest BCUT2D eigenvalue weighted by atomic mass is 9.99. The Morgan fingerprint density at radius 2 is 1.90 bits per heavy atom. The maximum Gasteiger partial charge on any atom is 0.243 e. The number of carbonyl (C=O) groups is 2. The average molecular weight is 468 g/mol. The van der Waals surface area contributed by atoms with E-state index in [4.69, 9.17) is 11.6 Å². The molecule has 7 nitrogen and oxygen atoms in total. The Hall–Kier alpha value is -2.49. The normalized spacial score (nSPS) is 17.2. The van der Waals surface area contributed by atoms with Gasteiger partial charge < -0.3 is 10.6 Å². The maximum atomic E-state index is 13.1. The van der Waals surface area contributed by atoms with Gasteiger partial charge in [0.2, 0.25) is 21.8 Å². The van der Waals surface area contributed by atoms with Gasteiger partial charge in [-0.15, -0.1) is 0 Å². The van der Waals surface area contributed by atoms with Crippen molar-refractivity contribution in [2.24, 2.45) is 5.92 Å². The maximum absolute atomic E-state index is 13.1. The van der Waals surface area contributed by atoms with Crippen LogP contribution >= 0.6 is 11.6 Å². The highest BCUT2D eigenvalue weighted by atomic mass is 35.5. The van der Waals surface area contributed by atoms with E-state index < -0.39 is 33.6 Å². The predicted octanol–water partition coefficient (Wildman–Crippen LogP) is 2.94. The fourth-order valence-electron chi connectivity index (χ4n) is 3.38. The quantitative estimate of drug-likeness (QED) is 0.682. The molecule has 10 heteroatoms. The number of halogens is 2. The van der Waals surface area contributed by atoms with E-state index in [0.717, 1.165) is 17.7 Å². The molecule has 0 radical (unpaired) electrons. The van der Waals surface area contributed by atoms with Gasteiger partial charge in [0.05, 0.1) is 17.4 Å². The number of sulfonamides is 1. The van der Waals surface area contributed by atoms with Gasteiger partial charge >= 0.3 is 0 Å². The van der Waals surface area contributed by atoms with Crippen LogP contribution in [0.3, 0.4) is 0 Å². The summed E-state index contributed by atoms with van der Waals surface area (Å²) in [5.41, 5.74) is 1.28. The topological polar surface area (TPSA) is 95.6 Å². The van der Waals surface area contributed by atoms with E-state index in [1.54, 1.807) is 25.1 Å². The number of nitrogens with one attached hydrogen (secondary N) is 2. The minimum Gasteiger partial charge on any atom is -0.347 e. The van der Waals surface area contributed by atoms with E-state index in [1.807, 2.05) is 0 Å². The van der Waals surface area contributed by atoms with Crippen molar-refractivity contribution < 1.29 is 22.4 Å². The van der Waals surface area contributed by atoms with E-state index in [0.29, 0.717) is 23.6 Å². The summed E-state index contributed by atoms with van der Waals surface area (Å²) in [7, 11) is -3.83. The lowest BCUT2D eigenvalue weighted by molar-refractivity contribution is -0.128. The first-order chi connectivity index (χ1) is 14.7. The molecule has 3 rings (SSSR count). The molecule has 0 spiro atoms. The van der Waals surface area contributed by atoms with Crippen molar-refractivity contribution in [2.75, 3.05) is 25.0 Å². The van der Waals surface area contributed by atoms with Crippen molar-refractivity contribution >= 4 is 39.1 Å². The second-order valence-electron chi connectivity index (χ2n) is 7.33. The highest BCUT2D eigenvalue weighted by molar-refractivity contribution is 7.89. The number of amides is 2. The Morgan fingerprint density at radius 1 is 1.19 bits per heavy atom. The predicted molar refractivity (Wildman–Crippen MR) is 116 cm³/mol. The Labute approximate surface area is 185 Å². The molecule has 1 atom stereocenters. The SMILES string of the molecule is Cc1c(Cl)cccc1NC(=O)CNC(=O)C1CCCN(S(=O)(=O)c2ccc(F)cc2)C1. The van der Waals surface area contributed by atoms with E-state index in [1.165, 1.54) is 16.4 Å². The molecule has 0 aromatic heterocycles. The molecule has 1 heterocycles. The van der Waals surface area contributed by atoms with Gasteiger partial charge in [-0.3, -0.25) is 9.59 Å². The van der Waals surface area contributed by atoms with Gasteiger partial charge in [0.25, 0.3) is 0 Å². The van der Waals surface area contributed by atoms with Crippen molar-refractivity contribution in [3.63, 3.8) is 0 Å². The molecule has 31 heavy (non-hydrogen) atoms. The van der Waals surface area contributed by atoms with Crippen LogP contribution < -0.4 is 10.6 Å². The molecule has 1 unspecified atom stereocenters. The monoisotopic (exact) mass is 467 g/mol. The molecule has 0 saturated carbocycles. The van der Waals surface area contributed by atoms with Crippen LogP contribution in [0.25, 0.3) is 0 Å². The highest BCUT2D eigenvalue weighted by Crippen LogP contribution is 2.25. The first kappa shape index (κ1) is 23.2. The molecule has 1 fully saturated rings. The molecule has 2 aromatic rings. The molecular weight excluding hydrogens is 445 g/mol. The number of rotatable bonds is 6. The fraction of sp³-hybridized carbons (Fsp3) is 0.333. The van der Waals surface area contributed by atoms with Gasteiger partial charge in [0, 0.05) is 23.8 Å². The van der Waals surface area contributed by atoms with Gasteiger partial charge in [0.1, 0.15) is 5.82 Å². The zero-order valence-electron chi connectivity index (χ0n) is 16.9. The Morgan fingerprint density at radius 3 is 2.61 bits per heavy atom. The van der Waals surface area contributed by atoms with Crippen LogP contribution in [0.15, 0.2) is 47.4 Å². The minimum atomic E-state index is -3.83. The summed E-state index contributed by atoms with van der Waals surface area (Å²) in [5, 5.41) is 5.78. The Bertz CT molecular complexity index is 1080. The second kappa shape index (κ2) is 9.76. The summed E-state index contributed by atoms with van der Waals surface area (Å²) in [4.78, 5) is 24.7. The molecule has 1 aliphatic heterocycles. The number of carbonyl (C=O) groups excluding carboxylic acids is 2. The van der Waals surface area contributed by atoms with Gasteiger partial charge in [-0.05, 0) is 61.7 Å². The minimum absolute atomic E-state index is 0.000559. The lowest BCUT2D eigenvalue weighted by Gasteiger charge is -2.31. The zero-order valence-corrected chi connectivity index (χ0v) is 18.5. The molecule has 0 bridgehead atoms. The third-order valence-electron chi connectivity index (χ3n) is 5.17. The summed E-state index contributed by atoms with van der Waals surface area (Å²) >= 11 is 6.04. The molecule has 2 amide bonds. The summed E-state index contributed by atoms with van der Waals surface area (Å²) in [6.45, 7) is 1.80. The lowest BCUT2D eigenvalue weighted by Crippen LogP contribution is -2.46. The van der Waals surface area contributed by atoms with E-state index in [9.17, 15) is 22.4 Å². The van der Waals surface area contributed by atoms with Crippen LogP contribution in [0.2, 0.25) is 5.02 Å². The first-order valence-electron chi connectivity index (χ1n) is 9.77. The number of benzene rings is 2. The molecule has 1 saturated heterocycles. The van der Waals surface area contributed by atoms with Crippen LogP contribution in [0.5, 0.6) is 0 Å². The first-order valence-corrected chi connectivity index (χ1v) is 11.6. The molecule has 2 N–H and O–H groups in total. The van der Waals surface area contributed by atoms with Crippen molar-refractivity contribution in [3.05, 3.63) is 58.9 Å². The molecule has 1 aliphatic rings. The zero-order chi connectivity index (χ0) is 22.6. The Kier molecular flexibility index (Phi) is 7.30. The Balaban J connectivity index is 1.57. The van der Waals surface area contributed by atoms with Gasteiger partial charge in [-0.1, -0.05) is 17.7 Å². The van der Waals surface area contributed by atoms with E-state index >= 15 is 0 Å². The number of hydrogen-bond donors (Lipinski definition) is 2. The average Bonchev–Trinajstić information content (AvgIpc) is 2.75. The van der Waals surface area contributed by atoms with Gasteiger partial charge in [-0.2, -0.15) is 4.31 Å². The number of hydrogen-bond acceptors (Lipinski definition) is 4. The summed E-state index contributed by atoms with van der Waals surface area (Å²) in [6, 6.07) is 9.71.